The van der Waals surface area contributed by atoms with Crippen molar-refractivity contribution in [3.63, 3.8) is 0 Å². The molecule has 0 saturated heterocycles. The number of carbonyl (C=O) groups is 1. The number of amides is 1. The summed E-state index contributed by atoms with van der Waals surface area (Å²) in [5.74, 6) is -0.348. The van der Waals surface area contributed by atoms with E-state index in [0.717, 1.165) is 11.4 Å². The van der Waals surface area contributed by atoms with Crippen LogP contribution in [0.4, 0.5) is 10.1 Å². The molecule has 0 aliphatic carbocycles. The SMILES string of the molecule is Cc1cc(C)n(C(C)C(=O)Nc2cc(-n3nnnc3C)ccc2F)n1. The zero-order chi connectivity index (χ0) is 18.1. The molecule has 1 unspecified atom stereocenters. The Balaban J connectivity index is 1.86. The van der Waals surface area contributed by atoms with Crippen LogP contribution in [0.3, 0.4) is 0 Å². The van der Waals surface area contributed by atoms with Gasteiger partial charge in [0.2, 0.25) is 5.91 Å². The molecule has 1 amide bonds. The van der Waals surface area contributed by atoms with Crippen LogP contribution in [-0.2, 0) is 4.79 Å². The zero-order valence-corrected chi connectivity index (χ0v) is 14.4. The van der Waals surface area contributed by atoms with E-state index < -0.39 is 11.9 Å². The van der Waals surface area contributed by atoms with Crippen LogP contribution in [0.15, 0.2) is 24.3 Å². The number of nitrogens with zero attached hydrogens (tertiary/aromatic N) is 6. The largest absolute Gasteiger partial charge is 0.322 e. The second-order valence-electron chi connectivity index (χ2n) is 5.84. The van der Waals surface area contributed by atoms with Gasteiger partial charge in [-0.1, -0.05) is 0 Å². The first-order chi connectivity index (χ1) is 11.9. The number of anilines is 1. The fraction of sp³-hybridized carbons (Fsp3) is 0.312. The number of aromatic nitrogens is 6. The molecule has 0 spiro atoms. The molecule has 3 rings (SSSR count). The van der Waals surface area contributed by atoms with Crippen molar-refractivity contribution in [3.8, 4) is 5.69 Å². The number of benzene rings is 1. The molecule has 0 bridgehead atoms. The zero-order valence-electron chi connectivity index (χ0n) is 14.4. The summed E-state index contributed by atoms with van der Waals surface area (Å²) in [4.78, 5) is 12.5. The van der Waals surface area contributed by atoms with Crippen molar-refractivity contribution in [1.29, 1.82) is 0 Å². The first-order valence-corrected chi connectivity index (χ1v) is 7.75. The minimum absolute atomic E-state index is 0.0609. The summed E-state index contributed by atoms with van der Waals surface area (Å²) in [5.41, 5.74) is 2.29. The van der Waals surface area contributed by atoms with Gasteiger partial charge < -0.3 is 5.32 Å². The lowest BCUT2D eigenvalue weighted by Gasteiger charge is -2.15. The molecule has 8 nitrogen and oxygen atoms in total. The summed E-state index contributed by atoms with van der Waals surface area (Å²) < 4.78 is 17.2. The fourth-order valence-electron chi connectivity index (χ4n) is 2.60. The van der Waals surface area contributed by atoms with Crippen molar-refractivity contribution < 1.29 is 9.18 Å². The van der Waals surface area contributed by atoms with Crippen molar-refractivity contribution in [2.45, 2.75) is 33.7 Å². The summed E-state index contributed by atoms with van der Waals surface area (Å²) in [6.45, 7) is 7.16. The maximum absolute atomic E-state index is 14.1. The lowest BCUT2D eigenvalue weighted by atomic mass is 10.2. The van der Waals surface area contributed by atoms with Gasteiger partial charge in [0.05, 0.1) is 17.1 Å². The number of hydrogen-bond donors (Lipinski definition) is 1. The minimum Gasteiger partial charge on any atom is -0.322 e. The molecule has 0 aliphatic heterocycles. The number of hydrogen-bond acceptors (Lipinski definition) is 5. The van der Waals surface area contributed by atoms with Gasteiger partial charge >= 0.3 is 0 Å². The molecule has 1 aromatic carbocycles. The first kappa shape index (κ1) is 16.7. The van der Waals surface area contributed by atoms with Crippen LogP contribution >= 0.6 is 0 Å². The highest BCUT2D eigenvalue weighted by atomic mass is 19.1. The molecule has 2 heterocycles. The Labute approximate surface area is 143 Å². The maximum atomic E-state index is 14.1. The number of nitrogens with one attached hydrogen (secondary N) is 1. The number of halogens is 1. The van der Waals surface area contributed by atoms with E-state index in [1.807, 2.05) is 19.9 Å². The molecule has 0 fully saturated rings. The van der Waals surface area contributed by atoms with E-state index in [4.69, 9.17) is 0 Å². The highest BCUT2D eigenvalue weighted by molar-refractivity contribution is 5.93. The fourth-order valence-corrected chi connectivity index (χ4v) is 2.60. The molecule has 9 heteroatoms. The molecule has 0 saturated carbocycles. The van der Waals surface area contributed by atoms with Gasteiger partial charge in [-0.15, -0.1) is 5.10 Å². The van der Waals surface area contributed by atoms with E-state index >= 15 is 0 Å². The molecule has 25 heavy (non-hydrogen) atoms. The van der Waals surface area contributed by atoms with E-state index in [9.17, 15) is 9.18 Å². The minimum atomic E-state index is -0.577. The van der Waals surface area contributed by atoms with E-state index in [1.165, 1.54) is 16.8 Å². The van der Waals surface area contributed by atoms with Gasteiger partial charge in [0, 0.05) is 5.69 Å². The third-order valence-electron chi connectivity index (χ3n) is 3.87. The molecule has 0 aliphatic rings. The van der Waals surface area contributed by atoms with Crippen molar-refractivity contribution in [2.24, 2.45) is 0 Å². The van der Waals surface area contributed by atoms with E-state index in [2.05, 4.69) is 25.9 Å². The van der Waals surface area contributed by atoms with Gasteiger partial charge in [0.25, 0.3) is 0 Å². The van der Waals surface area contributed by atoms with Gasteiger partial charge in [-0.2, -0.15) is 9.78 Å². The number of aryl methyl sites for hydroxylation is 3. The predicted molar refractivity (Wildman–Crippen MR) is 88.9 cm³/mol. The van der Waals surface area contributed by atoms with Crippen molar-refractivity contribution in [3.05, 3.63) is 47.3 Å². The van der Waals surface area contributed by atoms with Gasteiger partial charge in [0.15, 0.2) is 5.82 Å². The third-order valence-corrected chi connectivity index (χ3v) is 3.87. The normalized spacial score (nSPS) is 12.2. The summed E-state index contributed by atoms with van der Waals surface area (Å²) in [7, 11) is 0. The van der Waals surface area contributed by atoms with Crippen LogP contribution in [-0.4, -0.2) is 35.9 Å². The first-order valence-electron chi connectivity index (χ1n) is 7.75. The molecule has 130 valence electrons. The predicted octanol–water partition coefficient (Wildman–Crippen LogP) is 2.12. The van der Waals surface area contributed by atoms with Gasteiger partial charge in [-0.05, 0) is 62.4 Å². The van der Waals surface area contributed by atoms with Crippen LogP contribution in [0.5, 0.6) is 0 Å². The molecular formula is C16H18FN7O. The summed E-state index contributed by atoms with van der Waals surface area (Å²) in [5, 5.41) is 18.1. The van der Waals surface area contributed by atoms with Crippen molar-refractivity contribution >= 4 is 11.6 Å². The monoisotopic (exact) mass is 343 g/mol. The van der Waals surface area contributed by atoms with Gasteiger partial charge in [-0.3, -0.25) is 9.48 Å². The summed E-state index contributed by atoms with van der Waals surface area (Å²) >= 11 is 0. The van der Waals surface area contributed by atoms with E-state index in [0.29, 0.717) is 11.5 Å². The van der Waals surface area contributed by atoms with Crippen LogP contribution in [0.2, 0.25) is 0 Å². The van der Waals surface area contributed by atoms with Crippen LogP contribution in [0, 0.1) is 26.6 Å². The Morgan fingerprint density at radius 3 is 2.60 bits per heavy atom. The molecule has 1 atom stereocenters. The quantitative estimate of drug-likeness (QED) is 0.783. The van der Waals surface area contributed by atoms with Crippen LogP contribution in [0.1, 0.15) is 30.2 Å². The average Bonchev–Trinajstić information content (AvgIpc) is 3.13. The Morgan fingerprint density at radius 2 is 2.00 bits per heavy atom. The highest BCUT2D eigenvalue weighted by Crippen LogP contribution is 2.21. The smallest absolute Gasteiger partial charge is 0.249 e. The molecule has 2 aromatic heterocycles. The molecule has 0 radical (unpaired) electrons. The number of tetrazole rings is 1. The number of rotatable bonds is 4. The highest BCUT2D eigenvalue weighted by Gasteiger charge is 2.19. The Bertz CT molecular complexity index is 930. The van der Waals surface area contributed by atoms with Crippen LogP contribution in [0.25, 0.3) is 5.69 Å². The lowest BCUT2D eigenvalue weighted by molar-refractivity contribution is -0.119. The van der Waals surface area contributed by atoms with Crippen molar-refractivity contribution in [2.75, 3.05) is 5.32 Å². The summed E-state index contributed by atoms with van der Waals surface area (Å²) in [6.07, 6.45) is 0. The maximum Gasteiger partial charge on any atom is 0.249 e. The Hall–Kier alpha value is -3.10. The van der Waals surface area contributed by atoms with Crippen LogP contribution < -0.4 is 5.32 Å². The second-order valence-corrected chi connectivity index (χ2v) is 5.84. The Morgan fingerprint density at radius 1 is 1.24 bits per heavy atom. The summed E-state index contributed by atoms with van der Waals surface area (Å²) in [6, 6.07) is 5.60. The molecular weight excluding hydrogens is 325 g/mol. The van der Waals surface area contributed by atoms with E-state index in [1.54, 1.807) is 24.6 Å². The molecule has 1 N–H and O–H groups in total. The van der Waals surface area contributed by atoms with Crippen molar-refractivity contribution in [1.82, 2.24) is 30.0 Å². The Kier molecular flexibility index (Phi) is 4.30. The number of carbonyl (C=O) groups excluding carboxylic acids is 1. The standard InChI is InChI=1S/C16H18FN7O/c1-9-7-10(2)23(20-9)11(3)16(25)18-15-8-13(5-6-14(15)17)24-12(4)19-21-22-24/h5-8,11H,1-4H3,(H,18,25). The molecule has 3 aromatic rings. The third kappa shape index (κ3) is 3.25. The van der Waals surface area contributed by atoms with E-state index in [-0.39, 0.29) is 11.6 Å². The topological polar surface area (TPSA) is 90.5 Å². The second kappa shape index (κ2) is 6.42. The van der Waals surface area contributed by atoms with Gasteiger partial charge in [-0.25, -0.2) is 4.39 Å². The average molecular weight is 343 g/mol. The lowest BCUT2D eigenvalue weighted by Crippen LogP contribution is -2.25. The van der Waals surface area contributed by atoms with Gasteiger partial charge in [0.1, 0.15) is 11.9 Å².